The van der Waals surface area contributed by atoms with Crippen LogP contribution in [0.2, 0.25) is 0 Å². The lowest BCUT2D eigenvalue weighted by molar-refractivity contribution is -0.127. The van der Waals surface area contributed by atoms with Crippen molar-refractivity contribution in [2.45, 2.75) is 19.6 Å². The van der Waals surface area contributed by atoms with Crippen molar-refractivity contribution < 1.29 is 17.9 Å². The molecular weight excluding hydrogens is 342 g/mol. The van der Waals surface area contributed by atoms with Crippen molar-refractivity contribution in [3.8, 4) is 5.75 Å². The molecule has 25 heavy (non-hydrogen) atoms. The second-order valence-electron chi connectivity index (χ2n) is 5.56. The van der Waals surface area contributed by atoms with Crippen LogP contribution < -0.4 is 14.4 Å². The third-order valence-corrected chi connectivity index (χ3v) is 4.78. The molecule has 0 radical (unpaired) electrons. The molecule has 0 bridgehead atoms. The lowest BCUT2D eigenvalue weighted by Gasteiger charge is -2.18. The Labute approximate surface area is 147 Å². The van der Waals surface area contributed by atoms with Crippen LogP contribution in [0.1, 0.15) is 12.5 Å². The molecule has 1 amide bonds. The molecule has 2 aromatic rings. The lowest BCUT2D eigenvalue weighted by atomic mass is 10.2. The summed E-state index contributed by atoms with van der Waals surface area (Å²) in [5.41, 5.74) is 1.42. The molecule has 0 saturated carbocycles. The van der Waals surface area contributed by atoms with Crippen molar-refractivity contribution in [1.29, 1.82) is 0 Å². The summed E-state index contributed by atoms with van der Waals surface area (Å²) in [5.74, 6) is 0.232. The Morgan fingerprint density at radius 2 is 1.96 bits per heavy atom. The van der Waals surface area contributed by atoms with Gasteiger partial charge in [0, 0.05) is 26.0 Å². The maximum atomic E-state index is 12.1. The van der Waals surface area contributed by atoms with Crippen LogP contribution in [-0.4, -0.2) is 38.7 Å². The van der Waals surface area contributed by atoms with Crippen LogP contribution in [0.15, 0.2) is 48.8 Å². The number of anilines is 1. The Morgan fingerprint density at radius 1 is 1.28 bits per heavy atom. The van der Waals surface area contributed by atoms with Gasteiger partial charge in [-0.15, -0.1) is 0 Å². The molecule has 134 valence electrons. The third-order valence-electron chi connectivity index (χ3n) is 3.57. The molecule has 2 rings (SSSR count). The fourth-order valence-electron chi connectivity index (χ4n) is 2.02. The number of hydrogen-bond donors (Lipinski definition) is 1. The van der Waals surface area contributed by atoms with E-state index in [1.54, 1.807) is 49.6 Å². The number of nitrogens with zero attached hydrogens (tertiary/aromatic N) is 2. The minimum atomic E-state index is -3.32. The standard InChI is InChI=1S/C17H21N3O4S/c1-13(17(21)19-12-14-5-4-10-18-11-14)24-16-8-6-15(7-9-16)20(2)25(3,22)23/h4-11,13H,12H2,1-3H3,(H,19,21). The van der Waals surface area contributed by atoms with Crippen LogP contribution in [0.25, 0.3) is 0 Å². The van der Waals surface area contributed by atoms with Gasteiger partial charge in [-0.1, -0.05) is 6.07 Å². The first-order valence-electron chi connectivity index (χ1n) is 7.64. The predicted molar refractivity (Wildman–Crippen MR) is 95.9 cm³/mol. The maximum absolute atomic E-state index is 12.1. The molecule has 1 N–H and O–H groups in total. The molecule has 0 aliphatic heterocycles. The number of nitrogens with one attached hydrogen (secondary N) is 1. The molecule has 0 aliphatic rings. The first-order chi connectivity index (χ1) is 11.8. The summed E-state index contributed by atoms with van der Waals surface area (Å²) < 4.78 is 29.8. The summed E-state index contributed by atoms with van der Waals surface area (Å²) >= 11 is 0. The summed E-state index contributed by atoms with van der Waals surface area (Å²) in [6, 6.07) is 10.2. The van der Waals surface area contributed by atoms with Gasteiger partial charge in [0.1, 0.15) is 5.75 Å². The minimum Gasteiger partial charge on any atom is -0.481 e. The molecule has 1 unspecified atom stereocenters. The number of aromatic nitrogens is 1. The van der Waals surface area contributed by atoms with Crippen molar-refractivity contribution in [3.63, 3.8) is 0 Å². The molecule has 8 heteroatoms. The van der Waals surface area contributed by atoms with Gasteiger partial charge in [0.05, 0.1) is 11.9 Å². The minimum absolute atomic E-state index is 0.249. The van der Waals surface area contributed by atoms with E-state index in [0.29, 0.717) is 18.0 Å². The van der Waals surface area contributed by atoms with Crippen LogP contribution >= 0.6 is 0 Å². The van der Waals surface area contributed by atoms with E-state index in [-0.39, 0.29) is 5.91 Å². The van der Waals surface area contributed by atoms with Gasteiger partial charge in [0.2, 0.25) is 10.0 Å². The second-order valence-corrected chi connectivity index (χ2v) is 7.58. The van der Waals surface area contributed by atoms with Crippen molar-refractivity contribution in [2.24, 2.45) is 0 Å². The molecule has 1 aromatic carbocycles. The number of amides is 1. The molecule has 1 heterocycles. The molecule has 7 nitrogen and oxygen atoms in total. The maximum Gasteiger partial charge on any atom is 0.261 e. The highest BCUT2D eigenvalue weighted by atomic mass is 32.2. The number of sulfonamides is 1. The zero-order chi connectivity index (χ0) is 18.4. The highest BCUT2D eigenvalue weighted by Crippen LogP contribution is 2.21. The number of benzene rings is 1. The molecule has 0 aliphatic carbocycles. The van der Waals surface area contributed by atoms with Gasteiger partial charge >= 0.3 is 0 Å². The second kappa shape index (κ2) is 7.98. The van der Waals surface area contributed by atoms with Gasteiger partial charge in [-0.2, -0.15) is 0 Å². The van der Waals surface area contributed by atoms with Gasteiger partial charge in [0.15, 0.2) is 6.10 Å². The summed E-state index contributed by atoms with van der Waals surface area (Å²) in [6.45, 7) is 2.02. The topological polar surface area (TPSA) is 88.6 Å². The van der Waals surface area contributed by atoms with E-state index in [1.807, 2.05) is 6.07 Å². The van der Waals surface area contributed by atoms with Gasteiger partial charge in [-0.25, -0.2) is 8.42 Å². The largest absolute Gasteiger partial charge is 0.481 e. The van der Waals surface area contributed by atoms with Gasteiger partial charge < -0.3 is 10.1 Å². The smallest absolute Gasteiger partial charge is 0.261 e. The molecule has 0 saturated heterocycles. The van der Waals surface area contributed by atoms with E-state index < -0.39 is 16.1 Å². The van der Waals surface area contributed by atoms with Gasteiger partial charge in [-0.3, -0.25) is 14.1 Å². The number of carbonyl (C=O) groups is 1. The monoisotopic (exact) mass is 363 g/mol. The summed E-state index contributed by atoms with van der Waals surface area (Å²) in [6.07, 6.45) is 3.80. The Kier molecular flexibility index (Phi) is 5.97. The zero-order valence-corrected chi connectivity index (χ0v) is 15.2. The van der Waals surface area contributed by atoms with E-state index >= 15 is 0 Å². The molecule has 1 aromatic heterocycles. The fourth-order valence-corrected chi connectivity index (χ4v) is 2.52. The predicted octanol–water partition coefficient (Wildman–Crippen LogP) is 1.56. The molecule has 1 atom stereocenters. The van der Waals surface area contributed by atoms with Crippen LogP contribution in [0.5, 0.6) is 5.75 Å². The Balaban J connectivity index is 1.91. The molecular formula is C17H21N3O4S. The number of carbonyl (C=O) groups excluding carboxylic acids is 1. The average molecular weight is 363 g/mol. The molecule has 0 fully saturated rings. The van der Waals surface area contributed by atoms with Gasteiger partial charge in [0.25, 0.3) is 5.91 Å². The van der Waals surface area contributed by atoms with Crippen molar-refractivity contribution >= 4 is 21.6 Å². The van der Waals surface area contributed by atoms with E-state index in [9.17, 15) is 13.2 Å². The van der Waals surface area contributed by atoms with E-state index in [1.165, 1.54) is 11.4 Å². The van der Waals surface area contributed by atoms with Crippen LogP contribution in [0, 0.1) is 0 Å². The quantitative estimate of drug-likeness (QED) is 0.806. The normalized spacial score (nSPS) is 12.3. The highest BCUT2D eigenvalue weighted by molar-refractivity contribution is 7.92. The number of pyridine rings is 1. The third kappa shape index (κ3) is 5.46. The fraction of sp³-hybridized carbons (Fsp3) is 0.294. The Morgan fingerprint density at radius 3 is 2.52 bits per heavy atom. The van der Waals surface area contributed by atoms with E-state index in [0.717, 1.165) is 11.8 Å². The van der Waals surface area contributed by atoms with Crippen molar-refractivity contribution in [2.75, 3.05) is 17.6 Å². The van der Waals surface area contributed by atoms with Crippen molar-refractivity contribution in [3.05, 3.63) is 54.4 Å². The van der Waals surface area contributed by atoms with E-state index in [4.69, 9.17) is 4.74 Å². The zero-order valence-electron chi connectivity index (χ0n) is 14.3. The number of rotatable bonds is 7. The number of ether oxygens (including phenoxy) is 1. The number of hydrogen-bond acceptors (Lipinski definition) is 5. The molecule has 0 spiro atoms. The van der Waals surface area contributed by atoms with Crippen LogP contribution in [0.3, 0.4) is 0 Å². The van der Waals surface area contributed by atoms with Crippen molar-refractivity contribution in [1.82, 2.24) is 10.3 Å². The highest BCUT2D eigenvalue weighted by Gasteiger charge is 2.15. The summed E-state index contributed by atoms with van der Waals surface area (Å²) in [4.78, 5) is 16.1. The summed E-state index contributed by atoms with van der Waals surface area (Å²) in [5, 5.41) is 2.78. The Bertz CT molecular complexity index is 808. The summed E-state index contributed by atoms with van der Waals surface area (Å²) in [7, 11) is -1.84. The average Bonchev–Trinajstić information content (AvgIpc) is 2.59. The van der Waals surface area contributed by atoms with Crippen LogP contribution in [-0.2, 0) is 21.4 Å². The SMILES string of the molecule is CC(Oc1ccc(N(C)S(C)(=O)=O)cc1)C(=O)NCc1cccnc1. The first-order valence-corrected chi connectivity index (χ1v) is 9.49. The Hall–Kier alpha value is -2.61. The van der Waals surface area contributed by atoms with Crippen LogP contribution in [0.4, 0.5) is 5.69 Å². The van der Waals surface area contributed by atoms with Gasteiger partial charge in [-0.05, 0) is 42.8 Å². The lowest BCUT2D eigenvalue weighted by Crippen LogP contribution is -2.35. The van der Waals surface area contributed by atoms with E-state index in [2.05, 4.69) is 10.3 Å². The first kappa shape index (κ1) is 18.7.